The van der Waals surface area contributed by atoms with Crippen LogP contribution in [0.5, 0.6) is 0 Å². The number of fused-ring (bicyclic) bond motifs is 1. The van der Waals surface area contributed by atoms with Gasteiger partial charge in [-0.15, -0.1) is 0 Å². The van der Waals surface area contributed by atoms with E-state index in [0.29, 0.717) is 22.5 Å². The molecule has 1 aliphatic heterocycles. The number of aromatic nitrogens is 1. The predicted molar refractivity (Wildman–Crippen MR) is 99.2 cm³/mol. The zero-order chi connectivity index (χ0) is 19.3. The molecule has 3 rings (SSSR count). The molecule has 0 aliphatic carbocycles. The summed E-state index contributed by atoms with van der Waals surface area (Å²) in [5, 5.41) is 4.75. The highest BCUT2D eigenvalue weighted by molar-refractivity contribution is 7.91. The number of anilines is 1. The van der Waals surface area contributed by atoms with Crippen molar-refractivity contribution in [2.75, 3.05) is 17.7 Å². The third-order valence-electron chi connectivity index (χ3n) is 4.35. The van der Waals surface area contributed by atoms with Gasteiger partial charge in [-0.2, -0.15) is 4.24 Å². The van der Waals surface area contributed by atoms with Crippen LogP contribution in [0.3, 0.4) is 0 Å². The Morgan fingerprint density at radius 1 is 1.30 bits per heavy atom. The number of nitrogens with zero attached hydrogens (tertiary/aromatic N) is 3. The molecule has 27 heavy (non-hydrogen) atoms. The Balaban J connectivity index is 0.00000261. The lowest BCUT2D eigenvalue weighted by molar-refractivity contribution is -0.517. The van der Waals surface area contributed by atoms with Crippen LogP contribution >= 0.6 is 0 Å². The van der Waals surface area contributed by atoms with E-state index < -0.39 is 15.8 Å². The summed E-state index contributed by atoms with van der Waals surface area (Å²) in [6.07, 6.45) is 1.62. The summed E-state index contributed by atoms with van der Waals surface area (Å²) in [5.74, 6) is -2.71. The summed E-state index contributed by atoms with van der Waals surface area (Å²) in [6, 6.07) is 7.32. The molecule has 1 aromatic heterocycles. The Morgan fingerprint density at radius 2 is 1.96 bits per heavy atom. The first-order valence-electron chi connectivity index (χ1n) is 7.99. The van der Waals surface area contributed by atoms with Crippen LogP contribution < -0.4 is 14.5 Å². The van der Waals surface area contributed by atoms with Gasteiger partial charge in [0.25, 0.3) is 5.92 Å². The molecule has 0 saturated heterocycles. The first-order valence-corrected chi connectivity index (χ1v) is 9.65. The lowest BCUT2D eigenvalue weighted by atomic mass is 10.1. The van der Waals surface area contributed by atoms with Gasteiger partial charge >= 0.3 is 0 Å². The fourth-order valence-corrected chi connectivity index (χ4v) is 3.96. The normalized spacial score (nSPS) is 15.8. The van der Waals surface area contributed by atoms with Crippen LogP contribution in [0.25, 0.3) is 11.1 Å². The molecule has 0 amide bonds. The minimum absolute atomic E-state index is 0. The third kappa shape index (κ3) is 3.52. The number of halogens is 2. The van der Waals surface area contributed by atoms with Gasteiger partial charge in [-0.1, -0.05) is 26.1 Å². The Morgan fingerprint density at radius 3 is 2.56 bits per heavy atom. The molecule has 0 spiro atoms. The lowest BCUT2D eigenvalue weighted by Crippen LogP contribution is -2.43. The van der Waals surface area contributed by atoms with E-state index in [1.54, 1.807) is 37.2 Å². The standard InChI is InChI=1S/C18H19F2N3O2S.H2O/c1-5-26(24,25)15-7-6-10-22(3)16(15)17-21-13-11-12(18(2,19)20)8-9-14(13)23(17)4;/h6-11H,3,5H2,1-2,4H3;1H2. The number of hydrogen-bond donors (Lipinski definition) is 0. The summed E-state index contributed by atoms with van der Waals surface area (Å²) >= 11 is 0. The molecule has 0 unspecified atom stereocenters. The van der Waals surface area contributed by atoms with Gasteiger partial charge in [0, 0.05) is 24.4 Å². The Bertz CT molecular complexity index is 1100. The molecular weight excluding hydrogens is 376 g/mol. The van der Waals surface area contributed by atoms with Crippen molar-refractivity contribution in [2.45, 2.75) is 24.7 Å². The van der Waals surface area contributed by atoms with Crippen LogP contribution in [0.4, 0.5) is 20.2 Å². The van der Waals surface area contributed by atoms with Crippen LogP contribution in [-0.4, -0.2) is 26.7 Å². The highest BCUT2D eigenvalue weighted by atomic mass is 32.2. The number of alkyl halides is 2. The maximum Gasteiger partial charge on any atom is 0.270 e. The molecular formula is C18H21F2N3O3S. The fourth-order valence-electron chi connectivity index (χ4n) is 2.86. The van der Waals surface area contributed by atoms with Gasteiger partial charge in [0.05, 0.1) is 5.75 Å². The van der Waals surface area contributed by atoms with E-state index in [1.807, 2.05) is 0 Å². The van der Waals surface area contributed by atoms with E-state index in [-0.39, 0.29) is 21.7 Å². The van der Waals surface area contributed by atoms with Crippen molar-refractivity contribution < 1.29 is 26.9 Å². The van der Waals surface area contributed by atoms with E-state index in [2.05, 4.69) is 12.0 Å². The van der Waals surface area contributed by atoms with Gasteiger partial charge in [-0.25, -0.2) is 17.2 Å². The van der Waals surface area contributed by atoms with Gasteiger partial charge in [0.1, 0.15) is 11.6 Å². The van der Waals surface area contributed by atoms with Crippen LogP contribution in [0.2, 0.25) is 0 Å². The summed E-state index contributed by atoms with van der Waals surface area (Å²) in [5.41, 5.74) is 0.841. The molecule has 2 N–H and O–H groups in total. The molecule has 2 heterocycles. The minimum atomic E-state index is -3.52. The second-order valence-electron chi connectivity index (χ2n) is 6.18. The summed E-state index contributed by atoms with van der Waals surface area (Å²) < 4.78 is 53.6. The maximum absolute atomic E-state index is 13.6. The highest BCUT2D eigenvalue weighted by Gasteiger charge is 2.27. The van der Waals surface area contributed by atoms with Crippen LogP contribution in [-0.2, 0) is 15.8 Å². The van der Waals surface area contributed by atoms with E-state index in [0.717, 1.165) is 6.92 Å². The fraction of sp³-hybridized carbons (Fsp3) is 0.278. The maximum atomic E-state index is 13.6. The van der Waals surface area contributed by atoms with Crippen molar-refractivity contribution in [1.29, 1.82) is 0 Å². The first kappa shape index (κ1) is 20.8. The number of sulfone groups is 1. The Hall–Kier alpha value is -2.52. The van der Waals surface area contributed by atoms with Crippen molar-refractivity contribution in [2.24, 2.45) is 0 Å². The summed E-state index contributed by atoms with van der Waals surface area (Å²) in [6.45, 7) is 6.24. The van der Waals surface area contributed by atoms with E-state index in [4.69, 9.17) is 0 Å². The van der Waals surface area contributed by atoms with Crippen LogP contribution in [0.15, 0.2) is 41.4 Å². The molecule has 0 bridgehead atoms. The van der Waals surface area contributed by atoms with Gasteiger partial charge in [-0.3, -0.25) is 0 Å². The minimum Gasteiger partial charge on any atom is -0.441 e. The first-order chi connectivity index (χ1) is 12.1. The molecule has 1 aliphatic rings. The number of hydrogen-bond acceptors (Lipinski definition) is 3. The van der Waals surface area contributed by atoms with Crippen molar-refractivity contribution in [3.63, 3.8) is 0 Å². The quantitative estimate of drug-likeness (QED) is 0.741. The van der Waals surface area contributed by atoms with Crippen LogP contribution in [0.1, 0.15) is 19.4 Å². The van der Waals surface area contributed by atoms with Gasteiger partial charge in [0.2, 0.25) is 5.35 Å². The van der Waals surface area contributed by atoms with Gasteiger partial charge in [0.15, 0.2) is 16.0 Å². The zero-order valence-corrected chi connectivity index (χ0v) is 16.0. The molecule has 0 radical (unpaired) electrons. The summed E-state index contributed by atoms with van der Waals surface area (Å²) in [4.78, 5) is 1.79. The molecule has 0 atom stereocenters. The summed E-state index contributed by atoms with van der Waals surface area (Å²) in [7, 11) is -1.81. The Kier molecular flexibility index (Phi) is 5.31. The topological polar surface area (TPSA) is 88.9 Å². The van der Waals surface area contributed by atoms with Crippen molar-refractivity contribution in [1.82, 2.24) is 0 Å². The van der Waals surface area contributed by atoms with Gasteiger partial charge < -0.3 is 15.7 Å². The van der Waals surface area contributed by atoms with Crippen LogP contribution in [0, 0.1) is 6.72 Å². The second kappa shape index (κ2) is 6.90. The van der Waals surface area contributed by atoms with Gasteiger partial charge in [-0.05, 0) is 23.5 Å². The number of rotatable bonds is 3. The smallest absolute Gasteiger partial charge is 0.270 e. The van der Waals surface area contributed by atoms with Crippen molar-refractivity contribution >= 4 is 27.0 Å². The molecule has 6 nitrogen and oxygen atoms in total. The molecule has 0 fully saturated rings. The number of benzene rings is 1. The second-order valence-corrected chi connectivity index (χ2v) is 8.43. The average molecular weight is 397 g/mol. The highest BCUT2D eigenvalue weighted by Crippen LogP contribution is 2.46. The molecule has 146 valence electrons. The van der Waals surface area contributed by atoms with E-state index >= 15 is 0 Å². The number of pyridine rings is 1. The average Bonchev–Trinajstić information content (AvgIpc) is 2.90. The van der Waals surface area contributed by atoms with Crippen molar-refractivity contribution in [3.8, 4) is 0 Å². The van der Waals surface area contributed by atoms with Crippen molar-refractivity contribution in [3.05, 3.63) is 59.5 Å². The lowest BCUT2D eigenvalue weighted by Gasteiger charge is -2.22. The predicted octanol–water partition coefficient (Wildman–Crippen LogP) is 1.92. The molecule has 9 heteroatoms. The zero-order valence-electron chi connectivity index (χ0n) is 15.2. The van der Waals surface area contributed by atoms with E-state index in [1.165, 1.54) is 22.4 Å². The SMILES string of the molecule is C=[n+]1cccc(S(=O)(=O)CC)c1=C1[N-]c2cc(C(C)(F)F)ccc2N1C.O. The largest absolute Gasteiger partial charge is 0.441 e. The van der Waals surface area contributed by atoms with E-state index in [9.17, 15) is 17.2 Å². The molecule has 1 aromatic carbocycles. The molecule has 2 aromatic rings. The molecule has 0 saturated carbocycles. The monoisotopic (exact) mass is 397 g/mol. The Labute approximate surface area is 156 Å². The third-order valence-corrected chi connectivity index (χ3v) is 6.11.